The maximum atomic E-state index is 11.9. The first kappa shape index (κ1) is 14.2. The van der Waals surface area contributed by atoms with Crippen LogP contribution in [0.1, 0.15) is 26.2 Å². The zero-order valence-corrected chi connectivity index (χ0v) is 8.43. The Morgan fingerprint density at radius 1 is 1.47 bits per heavy atom. The summed E-state index contributed by atoms with van der Waals surface area (Å²) in [6, 6.07) is 0. The number of unbranched alkanes of at least 4 members (excludes halogenated alkanes) is 1. The fraction of sp³-hybridized carbons (Fsp3) is 0.875. The van der Waals surface area contributed by atoms with Crippen LogP contribution in [0.5, 0.6) is 0 Å². The Hall–Kier alpha value is -0.820. The molecule has 0 rings (SSSR count). The van der Waals surface area contributed by atoms with E-state index >= 15 is 0 Å². The minimum Gasteiger partial charge on any atom is -0.369 e. The zero-order chi connectivity index (χ0) is 11.9. The Kier molecular flexibility index (Phi) is 6.26. The minimum absolute atomic E-state index is 0.0153. The largest absolute Gasteiger partial charge is 0.414 e. The lowest BCUT2D eigenvalue weighted by Crippen LogP contribution is -2.30. The molecular formula is C8H15F3N2O2. The van der Waals surface area contributed by atoms with Crippen molar-refractivity contribution in [1.29, 1.82) is 0 Å². The lowest BCUT2D eigenvalue weighted by molar-refractivity contribution is -0.214. The van der Waals surface area contributed by atoms with Crippen LogP contribution in [0.2, 0.25) is 0 Å². The fourth-order valence-electron chi connectivity index (χ4n) is 0.814. The summed E-state index contributed by atoms with van der Waals surface area (Å²) in [4.78, 5) is 10.6. The predicted molar refractivity (Wildman–Crippen MR) is 47.7 cm³/mol. The van der Waals surface area contributed by atoms with Crippen molar-refractivity contribution >= 4 is 5.91 Å². The van der Waals surface area contributed by atoms with E-state index in [2.05, 4.69) is 4.74 Å². The third kappa shape index (κ3) is 7.15. The number of hydrazine groups is 1. The van der Waals surface area contributed by atoms with Crippen molar-refractivity contribution in [3.05, 3.63) is 0 Å². The molecule has 4 nitrogen and oxygen atoms in total. The lowest BCUT2D eigenvalue weighted by Gasteiger charge is -2.15. The molecule has 15 heavy (non-hydrogen) atoms. The molecule has 3 N–H and O–H groups in total. The molecule has 0 fully saturated rings. The van der Waals surface area contributed by atoms with E-state index in [9.17, 15) is 18.0 Å². The number of nitrogens with one attached hydrogen (secondary N) is 1. The van der Waals surface area contributed by atoms with E-state index in [0.29, 0.717) is 12.8 Å². The molecule has 0 bridgehead atoms. The van der Waals surface area contributed by atoms with E-state index in [1.165, 1.54) is 0 Å². The highest BCUT2D eigenvalue weighted by atomic mass is 19.4. The summed E-state index contributed by atoms with van der Waals surface area (Å²) in [5.41, 5.74) is 1.93. The Balaban J connectivity index is 3.43. The van der Waals surface area contributed by atoms with Gasteiger partial charge in [-0.1, -0.05) is 0 Å². The number of alkyl halides is 3. The predicted octanol–water partition coefficient (Wildman–Crippen LogP) is 1.11. The van der Waals surface area contributed by atoms with E-state index < -0.39 is 12.3 Å². The first-order chi connectivity index (χ1) is 6.88. The van der Waals surface area contributed by atoms with E-state index in [1.807, 2.05) is 5.43 Å². The van der Waals surface area contributed by atoms with Crippen molar-refractivity contribution in [2.24, 2.45) is 5.84 Å². The van der Waals surface area contributed by atoms with Gasteiger partial charge in [-0.2, -0.15) is 13.2 Å². The van der Waals surface area contributed by atoms with E-state index in [1.54, 1.807) is 0 Å². The Bertz CT molecular complexity index is 197. The van der Waals surface area contributed by atoms with Crippen LogP contribution in [0.15, 0.2) is 0 Å². The Morgan fingerprint density at radius 2 is 2.07 bits per heavy atom. The standard InChI is InChI=1S/C8H15F3N2O2/c1-6(8(9,10)11)15-5-3-2-4-7(14)13-12/h6H,2-5,12H2,1H3,(H,13,14). The maximum absolute atomic E-state index is 11.9. The smallest absolute Gasteiger partial charge is 0.369 e. The van der Waals surface area contributed by atoms with Crippen LogP contribution < -0.4 is 11.3 Å². The summed E-state index contributed by atoms with van der Waals surface area (Å²) >= 11 is 0. The summed E-state index contributed by atoms with van der Waals surface area (Å²) in [5.74, 6) is 4.48. The molecule has 0 aromatic carbocycles. The number of halogens is 3. The zero-order valence-electron chi connectivity index (χ0n) is 8.43. The fourth-order valence-corrected chi connectivity index (χ4v) is 0.814. The maximum Gasteiger partial charge on any atom is 0.414 e. The summed E-state index contributed by atoms with van der Waals surface area (Å²) in [5, 5.41) is 0. The number of ether oxygens (including phenoxy) is 1. The highest BCUT2D eigenvalue weighted by Crippen LogP contribution is 2.22. The summed E-state index contributed by atoms with van der Waals surface area (Å²) in [6.45, 7) is 0.936. The van der Waals surface area contributed by atoms with Gasteiger partial charge in [0.25, 0.3) is 0 Å². The minimum atomic E-state index is -4.32. The van der Waals surface area contributed by atoms with Gasteiger partial charge in [0, 0.05) is 13.0 Å². The molecule has 0 spiro atoms. The monoisotopic (exact) mass is 228 g/mol. The molecule has 0 heterocycles. The van der Waals surface area contributed by atoms with Crippen LogP contribution >= 0.6 is 0 Å². The molecule has 90 valence electrons. The molecule has 0 radical (unpaired) electrons. The lowest BCUT2D eigenvalue weighted by atomic mass is 10.2. The molecule has 0 saturated heterocycles. The van der Waals surface area contributed by atoms with Gasteiger partial charge in [0.05, 0.1) is 0 Å². The van der Waals surface area contributed by atoms with Crippen LogP contribution in [-0.2, 0) is 9.53 Å². The second-order valence-electron chi connectivity index (χ2n) is 3.08. The van der Waals surface area contributed by atoms with Gasteiger partial charge in [-0.15, -0.1) is 0 Å². The molecule has 7 heteroatoms. The molecule has 0 aliphatic rings. The highest BCUT2D eigenvalue weighted by Gasteiger charge is 2.36. The van der Waals surface area contributed by atoms with Gasteiger partial charge in [0.15, 0.2) is 6.10 Å². The van der Waals surface area contributed by atoms with Gasteiger partial charge in [-0.25, -0.2) is 5.84 Å². The van der Waals surface area contributed by atoms with Crippen molar-refractivity contribution in [3.8, 4) is 0 Å². The Morgan fingerprint density at radius 3 is 2.53 bits per heavy atom. The molecular weight excluding hydrogens is 213 g/mol. The average Bonchev–Trinajstić information content (AvgIpc) is 2.15. The number of carbonyl (C=O) groups excluding carboxylic acids is 1. The number of hydrogen-bond donors (Lipinski definition) is 2. The van der Waals surface area contributed by atoms with Crippen LogP contribution in [0, 0.1) is 0 Å². The number of nitrogens with two attached hydrogens (primary N) is 1. The van der Waals surface area contributed by atoms with Crippen LogP contribution in [0.3, 0.4) is 0 Å². The topological polar surface area (TPSA) is 64.3 Å². The number of hydrogen-bond acceptors (Lipinski definition) is 3. The van der Waals surface area contributed by atoms with Gasteiger partial charge in [-0.3, -0.25) is 10.2 Å². The molecule has 0 aromatic heterocycles. The van der Waals surface area contributed by atoms with Gasteiger partial charge < -0.3 is 4.74 Å². The molecule has 0 aliphatic carbocycles. The van der Waals surface area contributed by atoms with Gasteiger partial charge in [-0.05, 0) is 19.8 Å². The molecule has 1 amide bonds. The van der Waals surface area contributed by atoms with E-state index in [-0.39, 0.29) is 18.9 Å². The van der Waals surface area contributed by atoms with Gasteiger partial charge >= 0.3 is 6.18 Å². The van der Waals surface area contributed by atoms with Crippen LogP contribution in [0.25, 0.3) is 0 Å². The van der Waals surface area contributed by atoms with E-state index in [4.69, 9.17) is 5.84 Å². The highest BCUT2D eigenvalue weighted by molar-refractivity contribution is 5.74. The second-order valence-corrected chi connectivity index (χ2v) is 3.08. The first-order valence-electron chi connectivity index (χ1n) is 4.55. The molecule has 0 saturated carbocycles. The van der Waals surface area contributed by atoms with Crippen molar-refractivity contribution < 1.29 is 22.7 Å². The quantitative estimate of drug-likeness (QED) is 0.310. The Labute approximate surface area is 85.9 Å². The van der Waals surface area contributed by atoms with Gasteiger partial charge in [0.1, 0.15) is 0 Å². The summed E-state index contributed by atoms with van der Waals surface area (Å²) < 4.78 is 40.3. The molecule has 1 atom stereocenters. The SMILES string of the molecule is CC(OCCCCC(=O)NN)C(F)(F)F. The number of amides is 1. The number of carbonyl (C=O) groups is 1. The third-order valence-electron chi connectivity index (χ3n) is 1.79. The van der Waals surface area contributed by atoms with Crippen molar-refractivity contribution in [2.75, 3.05) is 6.61 Å². The van der Waals surface area contributed by atoms with Crippen LogP contribution in [0.4, 0.5) is 13.2 Å². The van der Waals surface area contributed by atoms with Crippen LogP contribution in [-0.4, -0.2) is 24.8 Å². The molecule has 0 aliphatic heterocycles. The normalized spacial score (nSPS) is 13.7. The van der Waals surface area contributed by atoms with Crippen molar-refractivity contribution in [1.82, 2.24) is 5.43 Å². The summed E-state index contributed by atoms with van der Waals surface area (Å²) in [6.07, 6.45) is -5.04. The average molecular weight is 228 g/mol. The van der Waals surface area contributed by atoms with Crippen molar-refractivity contribution in [2.45, 2.75) is 38.5 Å². The van der Waals surface area contributed by atoms with Crippen molar-refractivity contribution in [3.63, 3.8) is 0 Å². The summed E-state index contributed by atoms with van der Waals surface area (Å²) in [7, 11) is 0. The molecule has 1 unspecified atom stereocenters. The first-order valence-corrected chi connectivity index (χ1v) is 4.55. The third-order valence-corrected chi connectivity index (χ3v) is 1.79. The van der Waals surface area contributed by atoms with E-state index in [0.717, 1.165) is 6.92 Å². The second kappa shape index (κ2) is 6.62. The van der Waals surface area contributed by atoms with Gasteiger partial charge in [0.2, 0.25) is 5.91 Å². The number of rotatable bonds is 6. The molecule has 0 aromatic rings.